The van der Waals surface area contributed by atoms with Crippen LogP contribution in [0.3, 0.4) is 0 Å². The molecule has 0 amide bonds. The van der Waals surface area contributed by atoms with Crippen molar-refractivity contribution in [1.29, 1.82) is 0 Å². The molecule has 0 spiro atoms. The van der Waals surface area contributed by atoms with Crippen molar-refractivity contribution in [2.75, 3.05) is 19.0 Å². The predicted octanol–water partition coefficient (Wildman–Crippen LogP) is 3.45. The lowest BCUT2D eigenvalue weighted by atomic mass is 10.1. The van der Waals surface area contributed by atoms with Crippen molar-refractivity contribution in [3.05, 3.63) is 58.1 Å². The van der Waals surface area contributed by atoms with Gasteiger partial charge in [-0.2, -0.15) is 0 Å². The van der Waals surface area contributed by atoms with Crippen molar-refractivity contribution in [3.63, 3.8) is 0 Å². The lowest BCUT2D eigenvalue weighted by Gasteiger charge is -2.11. The molecule has 0 N–H and O–H groups in total. The van der Waals surface area contributed by atoms with Crippen LogP contribution in [0.15, 0.2) is 56.2 Å². The van der Waals surface area contributed by atoms with E-state index in [0.717, 1.165) is 11.3 Å². The van der Waals surface area contributed by atoms with Gasteiger partial charge in [-0.05, 0) is 51.8 Å². The summed E-state index contributed by atoms with van der Waals surface area (Å²) in [4.78, 5) is 18.1. The number of anilines is 1. The van der Waals surface area contributed by atoms with E-state index in [9.17, 15) is 4.79 Å². The average Bonchev–Trinajstić information content (AvgIpc) is 3.06. The summed E-state index contributed by atoms with van der Waals surface area (Å²) in [6.07, 6.45) is 1.69. The van der Waals surface area contributed by atoms with Crippen LogP contribution in [-0.2, 0) is 9.53 Å². The summed E-state index contributed by atoms with van der Waals surface area (Å²) < 4.78 is 11.0. The van der Waals surface area contributed by atoms with Crippen molar-refractivity contribution in [1.82, 2.24) is 0 Å². The summed E-state index contributed by atoms with van der Waals surface area (Å²) in [7, 11) is 3.94. The number of aliphatic imine (C=N–C) groups is 1. The van der Waals surface area contributed by atoms with Gasteiger partial charge in [0, 0.05) is 19.8 Å². The van der Waals surface area contributed by atoms with Crippen molar-refractivity contribution in [2.45, 2.75) is 0 Å². The van der Waals surface area contributed by atoms with E-state index in [-0.39, 0.29) is 11.6 Å². The number of cyclic esters (lactones) is 1. The van der Waals surface area contributed by atoms with Crippen LogP contribution >= 0.6 is 15.9 Å². The van der Waals surface area contributed by atoms with Gasteiger partial charge in [0.05, 0.1) is 0 Å². The molecular weight excluding hydrogens is 348 g/mol. The van der Waals surface area contributed by atoms with Crippen LogP contribution in [0.25, 0.3) is 6.08 Å². The fourth-order valence-electron chi connectivity index (χ4n) is 1.97. The molecule has 0 bridgehead atoms. The van der Waals surface area contributed by atoms with E-state index in [0.29, 0.717) is 10.4 Å². The molecule has 0 unspecified atom stereocenters. The molecule has 22 heavy (non-hydrogen) atoms. The Hall–Kier alpha value is -2.34. The van der Waals surface area contributed by atoms with Crippen molar-refractivity contribution < 1.29 is 13.9 Å². The standard InChI is InChI=1S/C16H13BrN2O3/c1-19(2)11-5-3-10(4-6-11)9-12-16(20)22-15(18-12)13-7-8-14(17)21-13/h3-9H,1-2H3. The second-order valence-corrected chi connectivity index (χ2v) is 5.71. The molecule has 3 rings (SSSR count). The SMILES string of the molecule is CN(C)c1ccc(C=C2N=C(c3ccc(Br)o3)OC2=O)cc1. The Bertz CT molecular complexity index is 773. The first-order valence-corrected chi connectivity index (χ1v) is 7.38. The number of benzene rings is 1. The molecule has 0 aliphatic carbocycles. The van der Waals surface area contributed by atoms with E-state index in [2.05, 4.69) is 20.9 Å². The quantitative estimate of drug-likeness (QED) is 0.621. The van der Waals surface area contributed by atoms with E-state index in [1.165, 1.54) is 0 Å². The maximum absolute atomic E-state index is 11.9. The molecule has 6 heteroatoms. The fraction of sp³-hybridized carbons (Fsp3) is 0.125. The van der Waals surface area contributed by atoms with Gasteiger partial charge < -0.3 is 14.1 Å². The predicted molar refractivity (Wildman–Crippen MR) is 87.8 cm³/mol. The largest absolute Gasteiger partial charge is 0.444 e. The van der Waals surface area contributed by atoms with E-state index in [4.69, 9.17) is 9.15 Å². The highest BCUT2D eigenvalue weighted by Crippen LogP contribution is 2.22. The van der Waals surface area contributed by atoms with E-state index < -0.39 is 5.97 Å². The number of carbonyl (C=O) groups is 1. The maximum Gasteiger partial charge on any atom is 0.363 e. The molecule has 2 aromatic rings. The number of hydrogen-bond donors (Lipinski definition) is 0. The molecule has 0 saturated carbocycles. The third-order valence-electron chi connectivity index (χ3n) is 3.12. The molecule has 1 aliphatic heterocycles. The lowest BCUT2D eigenvalue weighted by Crippen LogP contribution is -2.08. The molecule has 0 radical (unpaired) electrons. The van der Waals surface area contributed by atoms with Crippen LogP contribution in [0.4, 0.5) is 5.69 Å². The Morgan fingerprint density at radius 2 is 1.86 bits per heavy atom. The molecule has 0 atom stereocenters. The molecule has 0 fully saturated rings. The average molecular weight is 361 g/mol. The van der Waals surface area contributed by atoms with Gasteiger partial charge in [-0.1, -0.05) is 12.1 Å². The second-order valence-electron chi connectivity index (χ2n) is 4.93. The number of hydrogen-bond acceptors (Lipinski definition) is 5. The molecule has 1 aromatic heterocycles. The molecule has 5 nitrogen and oxygen atoms in total. The molecule has 1 aliphatic rings. The van der Waals surface area contributed by atoms with E-state index in [1.807, 2.05) is 43.3 Å². The third-order valence-corrected chi connectivity index (χ3v) is 3.54. The number of furan rings is 1. The molecule has 1 aromatic carbocycles. The summed E-state index contributed by atoms with van der Waals surface area (Å²) >= 11 is 3.20. The smallest absolute Gasteiger partial charge is 0.363 e. The normalized spacial score (nSPS) is 15.9. The number of nitrogens with zero attached hydrogens (tertiary/aromatic N) is 2. The summed E-state index contributed by atoms with van der Waals surface area (Å²) in [6.45, 7) is 0. The minimum Gasteiger partial charge on any atom is -0.444 e. The topological polar surface area (TPSA) is 55.0 Å². The zero-order valence-corrected chi connectivity index (χ0v) is 13.6. The van der Waals surface area contributed by atoms with Crippen molar-refractivity contribution in [2.24, 2.45) is 4.99 Å². The molecule has 0 saturated heterocycles. The minimum atomic E-state index is -0.487. The summed E-state index contributed by atoms with van der Waals surface area (Å²) in [5.74, 6) is 0.0950. The van der Waals surface area contributed by atoms with Crippen LogP contribution in [0, 0.1) is 0 Å². The highest BCUT2D eigenvalue weighted by atomic mass is 79.9. The Morgan fingerprint density at radius 3 is 2.45 bits per heavy atom. The minimum absolute atomic E-state index is 0.173. The monoisotopic (exact) mass is 360 g/mol. The van der Waals surface area contributed by atoms with Gasteiger partial charge >= 0.3 is 5.97 Å². The Labute approximate surface area is 136 Å². The zero-order valence-electron chi connectivity index (χ0n) is 12.0. The van der Waals surface area contributed by atoms with Crippen LogP contribution in [0.2, 0.25) is 0 Å². The van der Waals surface area contributed by atoms with Gasteiger partial charge in [0.25, 0.3) is 5.90 Å². The van der Waals surface area contributed by atoms with Gasteiger partial charge in [-0.15, -0.1) is 0 Å². The zero-order chi connectivity index (χ0) is 15.7. The highest BCUT2D eigenvalue weighted by molar-refractivity contribution is 9.10. The number of ether oxygens (including phenoxy) is 1. The highest BCUT2D eigenvalue weighted by Gasteiger charge is 2.26. The number of carbonyl (C=O) groups excluding carboxylic acids is 1. The number of rotatable bonds is 3. The van der Waals surface area contributed by atoms with Crippen LogP contribution in [-0.4, -0.2) is 26.0 Å². The van der Waals surface area contributed by atoms with Crippen LogP contribution in [0.1, 0.15) is 11.3 Å². The van der Waals surface area contributed by atoms with Crippen LogP contribution in [0.5, 0.6) is 0 Å². The van der Waals surface area contributed by atoms with Crippen LogP contribution < -0.4 is 4.90 Å². The van der Waals surface area contributed by atoms with E-state index >= 15 is 0 Å². The van der Waals surface area contributed by atoms with Gasteiger partial charge in [0.1, 0.15) is 0 Å². The molecule has 2 heterocycles. The van der Waals surface area contributed by atoms with Gasteiger partial charge in [0.15, 0.2) is 16.1 Å². The Balaban J connectivity index is 1.87. The first-order valence-electron chi connectivity index (χ1n) is 6.58. The van der Waals surface area contributed by atoms with Gasteiger partial charge in [-0.25, -0.2) is 9.79 Å². The van der Waals surface area contributed by atoms with E-state index in [1.54, 1.807) is 18.2 Å². The molecule has 112 valence electrons. The first-order chi connectivity index (χ1) is 10.5. The van der Waals surface area contributed by atoms with Crippen molar-refractivity contribution in [3.8, 4) is 0 Å². The third kappa shape index (κ3) is 2.96. The second kappa shape index (κ2) is 5.81. The Morgan fingerprint density at radius 1 is 1.14 bits per heavy atom. The summed E-state index contributed by atoms with van der Waals surface area (Å²) in [6, 6.07) is 11.2. The van der Waals surface area contributed by atoms with Crippen molar-refractivity contribution >= 4 is 39.6 Å². The maximum atomic E-state index is 11.9. The summed E-state index contributed by atoms with van der Waals surface area (Å²) in [5, 5.41) is 0. The fourth-order valence-corrected chi connectivity index (χ4v) is 2.28. The van der Waals surface area contributed by atoms with Gasteiger partial charge in [-0.3, -0.25) is 0 Å². The molecular formula is C16H13BrN2O3. The first kappa shape index (κ1) is 14.6. The lowest BCUT2D eigenvalue weighted by molar-refractivity contribution is -0.130. The Kier molecular flexibility index (Phi) is 3.85. The summed E-state index contributed by atoms with van der Waals surface area (Å²) in [5.41, 5.74) is 2.21. The van der Waals surface area contributed by atoms with Gasteiger partial charge in [0.2, 0.25) is 0 Å². The number of esters is 1. The number of halogens is 1.